The van der Waals surface area contributed by atoms with E-state index in [9.17, 15) is 13.2 Å². The molecule has 0 spiro atoms. The molecule has 1 aromatic heterocycles. The third-order valence-corrected chi connectivity index (χ3v) is 7.24. The van der Waals surface area contributed by atoms with E-state index in [4.69, 9.17) is 4.74 Å². The van der Waals surface area contributed by atoms with Crippen LogP contribution in [0.2, 0.25) is 0 Å². The van der Waals surface area contributed by atoms with Gasteiger partial charge < -0.3 is 9.64 Å². The zero-order chi connectivity index (χ0) is 17.8. The Balaban J connectivity index is 1.62. The number of aryl methyl sites for hydroxylation is 1. The fraction of sp³-hybridized carbons (Fsp3) is 0.412. The Morgan fingerprint density at radius 2 is 2.12 bits per heavy atom. The highest BCUT2D eigenvalue weighted by molar-refractivity contribution is 7.92. The average molecular weight is 361 g/mol. The standard InChI is InChI=1S/C17H19N3O4S/c1-19-16(8-15(18-19)11-4-3-5-13(6-11)24-2)17(21)20-9-14-7-12(20)10-25(14,22)23/h3-6,8,12,14H,7,9-10H2,1-2H3. The highest BCUT2D eigenvalue weighted by atomic mass is 32.2. The number of nitrogens with zero attached hydrogens (tertiary/aromatic N) is 3. The second kappa shape index (κ2) is 5.59. The van der Waals surface area contributed by atoms with Gasteiger partial charge in [0.15, 0.2) is 9.84 Å². The fourth-order valence-electron chi connectivity index (χ4n) is 3.68. The van der Waals surface area contributed by atoms with Crippen LogP contribution in [0.1, 0.15) is 16.9 Å². The smallest absolute Gasteiger partial charge is 0.272 e. The fourth-order valence-corrected chi connectivity index (χ4v) is 5.71. The zero-order valence-corrected chi connectivity index (χ0v) is 14.9. The number of fused-ring (bicyclic) bond motifs is 2. The number of ether oxygens (including phenoxy) is 1. The number of rotatable bonds is 3. The summed E-state index contributed by atoms with van der Waals surface area (Å²) in [5.41, 5.74) is 2.00. The molecule has 0 saturated carbocycles. The van der Waals surface area contributed by atoms with Crippen LogP contribution >= 0.6 is 0 Å². The first-order chi connectivity index (χ1) is 11.9. The van der Waals surface area contributed by atoms with Crippen molar-refractivity contribution in [3.8, 4) is 17.0 Å². The molecule has 1 amide bonds. The van der Waals surface area contributed by atoms with Crippen LogP contribution in [0.3, 0.4) is 0 Å². The maximum Gasteiger partial charge on any atom is 0.272 e. The van der Waals surface area contributed by atoms with Crippen molar-refractivity contribution in [3.63, 3.8) is 0 Å². The first-order valence-electron chi connectivity index (χ1n) is 8.10. The van der Waals surface area contributed by atoms with Gasteiger partial charge in [0.2, 0.25) is 0 Å². The monoisotopic (exact) mass is 361 g/mol. The number of aromatic nitrogens is 2. The lowest BCUT2D eigenvalue weighted by Crippen LogP contribution is -2.44. The van der Waals surface area contributed by atoms with E-state index < -0.39 is 15.1 Å². The molecule has 0 aliphatic carbocycles. The molecule has 4 rings (SSSR count). The van der Waals surface area contributed by atoms with Crippen molar-refractivity contribution in [2.75, 3.05) is 19.4 Å². The summed E-state index contributed by atoms with van der Waals surface area (Å²) in [5, 5.41) is 4.03. The van der Waals surface area contributed by atoms with Gasteiger partial charge in [0.05, 0.1) is 23.8 Å². The predicted molar refractivity (Wildman–Crippen MR) is 92.2 cm³/mol. The van der Waals surface area contributed by atoms with E-state index in [1.54, 1.807) is 29.8 Å². The van der Waals surface area contributed by atoms with Crippen LogP contribution in [0, 0.1) is 0 Å². The molecule has 25 heavy (non-hydrogen) atoms. The van der Waals surface area contributed by atoms with Crippen molar-refractivity contribution in [1.29, 1.82) is 0 Å². The molecule has 0 N–H and O–H groups in total. The number of carbonyl (C=O) groups is 1. The molecule has 3 heterocycles. The lowest BCUT2D eigenvalue weighted by molar-refractivity contribution is 0.0734. The lowest BCUT2D eigenvalue weighted by Gasteiger charge is -2.26. The number of likely N-dealkylation sites (tertiary alicyclic amines) is 1. The van der Waals surface area contributed by atoms with Gasteiger partial charge >= 0.3 is 0 Å². The minimum atomic E-state index is -3.02. The number of hydrogen-bond acceptors (Lipinski definition) is 5. The van der Waals surface area contributed by atoms with Gasteiger partial charge in [0.1, 0.15) is 11.4 Å². The summed E-state index contributed by atoms with van der Waals surface area (Å²) < 4.78 is 30.5. The van der Waals surface area contributed by atoms with Gasteiger partial charge in [0.25, 0.3) is 5.91 Å². The van der Waals surface area contributed by atoms with Crippen LogP contribution in [0.15, 0.2) is 30.3 Å². The molecule has 2 aromatic rings. The molecule has 2 bridgehead atoms. The van der Waals surface area contributed by atoms with Crippen molar-refractivity contribution in [2.24, 2.45) is 7.05 Å². The summed E-state index contributed by atoms with van der Waals surface area (Å²) in [4.78, 5) is 14.6. The van der Waals surface area contributed by atoms with Gasteiger partial charge in [-0.3, -0.25) is 9.48 Å². The Morgan fingerprint density at radius 3 is 2.76 bits per heavy atom. The van der Waals surface area contributed by atoms with Crippen LogP contribution in [0.4, 0.5) is 0 Å². The van der Waals surface area contributed by atoms with E-state index in [1.165, 1.54) is 0 Å². The molecule has 2 atom stereocenters. The molecule has 2 fully saturated rings. The number of hydrogen-bond donors (Lipinski definition) is 0. The SMILES string of the molecule is COc1cccc(-c2cc(C(=O)N3CC4CC3CS4(=O)=O)n(C)n2)c1. The molecule has 2 aliphatic heterocycles. The Hall–Kier alpha value is -2.35. The minimum Gasteiger partial charge on any atom is -0.497 e. The molecule has 2 aliphatic rings. The number of amides is 1. The molecular formula is C17H19N3O4S. The van der Waals surface area contributed by atoms with Crippen LogP contribution < -0.4 is 4.74 Å². The normalized spacial score (nSPS) is 23.8. The first-order valence-corrected chi connectivity index (χ1v) is 9.81. The summed E-state index contributed by atoms with van der Waals surface area (Å²) in [6, 6.07) is 9.02. The van der Waals surface area contributed by atoms with E-state index in [0.717, 1.165) is 11.3 Å². The molecule has 2 unspecified atom stereocenters. The Kier molecular flexibility index (Phi) is 3.61. The summed E-state index contributed by atoms with van der Waals surface area (Å²) >= 11 is 0. The maximum absolute atomic E-state index is 12.9. The molecular weight excluding hydrogens is 342 g/mol. The molecule has 7 nitrogen and oxygen atoms in total. The topological polar surface area (TPSA) is 81.5 Å². The molecule has 132 valence electrons. The van der Waals surface area contributed by atoms with E-state index in [-0.39, 0.29) is 24.2 Å². The largest absolute Gasteiger partial charge is 0.497 e. The summed E-state index contributed by atoms with van der Waals surface area (Å²) in [7, 11) is 0.303. The van der Waals surface area contributed by atoms with Gasteiger partial charge in [-0.2, -0.15) is 5.10 Å². The first kappa shape index (κ1) is 16.1. The van der Waals surface area contributed by atoms with Crippen LogP contribution in [0.5, 0.6) is 5.75 Å². The number of methoxy groups -OCH3 is 1. The quantitative estimate of drug-likeness (QED) is 0.818. The third-order valence-electron chi connectivity index (χ3n) is 5.03. The second-order valence-electron chi connectivity index (χ2n) is 6.57. The number of carbonyl (C=O) groups excluding carboxylic acids is 1. The van der Waals surface area contributed by atoms with E-state index >= 15 is 0 Å². The van der Waals surface area contributed by atoms with Gasteiger partial charge in [-0.1, -0.05) is 12.1 Å². The molecule has 0 radical (unpaired) electrons. The molecule has 2 saturated heterocycles. The highest BCUT2D eigenvalue weighted by Crippen LogP contribution is 2.34. The van der Waals surface area contributed by atoms with Crippen LogP contribution in [-0.4, -0.2) is 59.7 Å². The summed E-state index contributed by atoms with van der Waals surface area (Å²) in [6.45, 7) is 0.283. The Labute approximate surface area is 146 Å². The third kappa shape index (κ3) is 2.60. The van der Waals surface area contributed by atoms with Crippen molar-refractivity contribution < 1.29 is 17.9 Å². The Morgan fingerprint density at radius 1 is 1.32 bits per heavy atom. The Bertz CT molecular complexity index is 951. The second-order valence-corrected chi connectivity index (χ2v) is 8.89. The van der Waals surface area contributed by atoms with Gasteiger partial charge in [-0.15, -0.1) is 0 Å². The van der Waals surface area contributed by atoms with Crippen LogP contribution in [-0.2, 0) is 16.9 Å². The minimum absolute atomic E-state index is 0.0734. The number of sulfone groups is 1. The number of benzene rings is 1. The van der Waals surface area contributed by atoms with E-state index in [0.29, 0.717) is 17.8 Å². The maximum atomic E-state index is 12.9. The predicted octanol–water partition coefficient (Wildman–Crippen LogP) is 1.11. The van der Waals surface area contributed by atoms with Gasteiger partial charge in [-0.25, -0.2) is 8.42 Å². The summed E-state index contributed by atoms with van der Waals surface area (Å²) in [5.74, 6) is 0.633. The van der Waals surface area contributed by atoms with Gasteiger partial charge in [-0.05, 0) is 24.6 Å². The molecule has 8 heteroatoms. The van der Waals surface area contributed by atoms with Crippen molar-refractivity contribution in [1.82, 2.24) is 14.7 Å². The van der Waals surface area contributed by atoms with E-state index in [1.807, 2.05) is 24.3 Å². The summed E-state index contributed by atoms with van der Waals surface area (Å²) in [6.07, 6.45) is 0.550. The molecule has 1 aromatic carbocycles. The van der Waals surface area contributed by atoms with Gasteiger partial charge in [0, 0.05) is 25.2 Å². The van der Waals surface area contributed by atoms with Crippen molar-refractivity contribution >= 4 is 15.7 Å². The van der Waals surface area contributed by atoms with Crippen molar-refractivity contribution in [3.05, 3.63) is 36.0 Å². The zero-order valence-electron chi connectivity index (χ0n) is 14.0. The highest BCUT2D eigenvalue weighted by Gasteiger charge is 2.50. The van der Waals surface area contributed by atoms with E-state index in [2.05, 4.69) is 5.10 Å². The lowest BCUT2D eigenvalue weighted by atomic mass is 10.1. The van der Waals surface area contributed by atoms with Crippen LogP contribution in [0.25, 0.3) is 11.3 Å². The van der Waals surface area contributed by atoms with Crippen molar-refractivity contribution in [2.45, 2.75) is 17.7 Å². The average Bonchev–Trinajstić information content (AvgIpc) is 3.25.